The van der Waals surface area contributed by atoms with Gasteiger partial charge in [0, 0.05) is 29.4 Å². The minimum atomic E-state index is -3.70. The molecule has 1 saturated carbocycles. The molecule has 0 spiro atoms. The van der Waals surface area contributed by atoms with E-state index in [9.17, 15) is 26.8 Å². The molecule has 2 heterocycles. The number of esters is 2. The van der Waals surface area contributed by atoms with Crippen molar-refractivity contribution >= 4 is 50.7 Å². The summed E-state index contributed by atoms with van der Waals surface area (Å²) in [6.45, 7) is -0.0710. The first-order valence-electron chi connectivity index (χ1n) is 12.3. The van der Waals surface area contributed by atoms with Gasteiger partial charge in [-0.3, -0.25) is 9.79 Å². The van der Waals surface area contributed by atoms with Gasteiger partial charge >= 0.3 is 11.9 Å². The lowest BCUT2D eigenvalue weighted by Crippen LogP contribution is -2.41. The van der Waals surface area contributed by atoms with E-state index in [1.54, 1.807) is 11.6 Å². The van der Waals surface area contributed by atoms with Crippen LogP contribution in [-0.4, -0.2) is 57.2 Å². The first-order chi connectivity index (χ1) is 19.1. The predicted octanol–water partition coefficient (Wildman–Crippen LogP) is 3.63. The summed E-state index contributed by atoms with van der Waals surface area (Å²) in [6.07, 6.45) is 2.81. The van der Waals surface area contributed by atoms with Crippen molar-refractivity contribution in [2.75, 3.05) is 20.8 Å². The fourth-order valence-corrected chi connectivity index (χ4v) is 7.18. The summed E-state index contributed by atoms with van der Waals surface area (Å²) in [5.74, 6) is -3.68. The highest BCUT2D eigenvalue weighted by Crippen LogP contribution is 2.42. The molecule has 0 amide bonds. The molecule has 216 valence electrons. The second-order valence-electron chi connectivity index (χ2n) is 9.17. The highest BCUT2D eigenvalue weighted by atomic mass is 35.5. The van der Waals surface area contributed by atoms with E-state index < -0.39 is 49.9 Å². The predicted molar refractivity (Wildman–Crippen MR) is 144 cm³/mol. The van der Waals surface area contributed by atoms with Crippen LogP contribution in [0, 0.1) is 17.6 Å². The van der Waals surface area contributed by atoms with Crippen molar-refractivity contribution in [3.05, 3.63) is 62.2 Å². The number of aliphatic imine (C=N–C) groups is 1. The Hall–Kier alpha value is -2.94. The number of thiazole rings is 1. The zero-order chi connectivity index (χ0) is 29.0. The third-order valence-corrected chi connectivity index (χ3v) is 9.98. The van der Waals surface area contributed by atoms with Gasteiger partial charge in [-0.05, 0) is 37.7 Å². The highest BCUT2D eigenvalue weighted by molar-refractivity contribution is 7.90. The minimum absolute atomic E-state index is 0.0678. The van der Waals surface area contributed by atoms with Gasteiger partial charge in [0.05, 0.1) is 36.5 Å². The molecule has 2 N–H and O–H groups in total. The number of rotatable bonds is 9. The Morgan fingerprint density at radius 1 is 1.18 bits per heavy atom. The van der Waals surface area contributed by atoms with Crippen LogP contribution in [0.1, 0.15) is 48.7 Å². The number of aromatic nitrogens is 1. The lowest BCUT2D eigenvalue weighted by Gasteiger charge is -2.35. The zero-order valence-electron chi connectivity index (χ0n) is 21.6. The van der Waals surface area contributed by atoms with E-state index in [0.29, 0.717) is 29.4 Å². The van der Waals surface area contributed by atoms with Crippen LogP contribution in [0.3, 0.4) is 0 Å². The molecule has 1 atom stereocenters. The van der Waals surface area contributed by atoms with Crippen molar-refractivity contribution in [2.45, 2.75) is 43.4 Å². The monoisotopic (exact) mass is 616 g/mol. The molecule has 1 aromatic carbocycles. The fraction of sp³-hybridized carbons (Fsp3) is 0.440. The summed E-state index contributed by atoms with van der Waals surface area (Å²) in [5, 5.41) is 4.22. The van der Waals surface area contributed by atoms with E-state index in [4.69, 9.17) is 16.3 Å². The smallest absolute Gasteiger partial charge is 0.338 e. The summed E-state index contributed by atoms with van der Waals surface area (Å²) >= 11 is 7.48. The first kappa shape index (κ1) is 30.0. The van der Waals surface area contributed by atoms with E-state index >= 15 is 0 Å². The number of methoxy groups -OCH3 is 2. The van der Waals surface area contributed by atoms with Crippen LogP contribution in [0.2, 0.25) is 5.02 Å². The van der Waals surface area contributed by atoms with Gasteiger partial charge in [0.1, 0.15) is 6.04 Å². The van der Waals surface area contributed by atoms with Crippen molar-refractivity contribution < 1.29 is 36.3 Å². The van der Waals surface area contributed by atoms with E-state index in [2.05, 4.69) is 24.8 Å². The van der Waals surface area contributed by atoms with Gasteiger partial charge in [0.25, 0.3) is 0 Å². The number of sulfonamides is 1. The Bertz CT molecular complexity index is 1440. The average molecular weight is 617 g/mol. The number of nitrogens with one attached hydrogen (secondary N) is 2. The van der Waals surface area contributed by atoms with Crippen LogP contribution in [0.5, 0.6) is 0 Å². The number of amidine groups is 1. The van der Waals surface area contributed by atoms with Crippen molar-refractivity contribution in [3.8, 4) is 0 Å². The third-order valence-electron chi connectivity index (χ3n) is 6.86. The van der Waals surface area contributed by atoms with Gasteiger partial charge in [-0.25, -0.2) is 31.7 Å². The SMILES string of the molecule is COC(=O)CCNS(=O)(=O)[C@H]1CC[C@H](C2=C(C(=O)OC)C(c3ccc(F)c(F)c3Cl)N=C(c3nccs3)N2)CC1. The largest absolute Gasteiger partial charge is 0.469 e. The Labute approximate surface area is 238 Å². The number of carbonyl (C=O) groups is 2. The molecule has 0 saturated heterocycles. The zero-order valence-corrected chi connectivity index (χ0v) is 24.0. The molecule has 0 bridgehead atoms. The second-order valence-corrected chi connectivity index (χ2v) is 12.5. The molecule has 2 aromatic rings. The van der Waals surface area contributed by atoms with E-state index in [1.807, 2.05) is 0 Å². The molecule has 15 heteroatoms. The summed E-state index contributed by atoms with van der Waals surface area (Å²) in [6, 6.07) is 1.05. The molecule has 0 radical (unpaired) electrons. The molecule has 1 unspecified atom stereocenters. The molecule has 1 aliphatic carbocycles. The number of benzene rings is 1. The number of allylic oxidation sites excluding steroid dienone is 1. The van der Waals surface area contributed by atoms with Gasteiger partial charge in [0.2, 0.25) is 10.0 Å². The Balaban J connectivity index is 1.66. The lowest BCUT2D eigenvalue weighted by atomic mass is 9.82. The molecule has 1 aliphatic heterocycles. The van der Waals surface area contributed by atoms with E-state index in [0.717, 1.165) is 6.07 Å². The van der Waals surface area contributed by atoms with Crippen LogP contribution in [0.15, 0.2) is 40.0 Å². The van der Waals surface area contributed by atoms with Gasteiger partial charge in [-0.1, -0.05) is 17.7 Å². The number of ether oxygens (including phenoxy) is 2. The Morgan fingerprint density at radius 3 is 2.52 bits per heavy atom. The van der Waals surface area contributed by atoms with Gasteiger partial charge < -0.3 is 14.8 Å². The lowest BCUT2D eigenvalue weighted by molar-refractivity contribution is -0.140. The molecular weight excluding hydrogens is 590 g/mol. The van der Waals surface area contributed by atoms with E-state index in [1.165, 1.54) is 31.6 Å². The quantitative estimate of drug-likeness (QED) is 0.322. The number of hydrogen-bond acceptors (Lipinski definition) is 10. The topological polar surface area (TPSA) is 136 Å². The number of halogens is 3. The molecule has 1 fully saturated rings. The minimum Gasteiger partial charge on any atom is -0.469 e. The van der Waals surface area contributed by atoms with Gasteiger partial charge in [-0.15, -0.1) is 11.3 Å². The summed E-state index contributed by atoms with van der Waals surface area (Å²) in [5.41, 5.74) is 0.575. The fourth-order valence-electron chi connectivity index (χ4n) is 4.82. The normalized spacial score (nSPS) is 21.4. The number of carbonyl (C=O) groups excluding carboxylic acids is 2. The summed E-state index contributed by atoms with van der Waals surface area (Å²) < 4.78 is 66.1. The van der Waals surface area contributed by atoms with Crippen LogP contribution in [-0.2, 0) is 29.1 Å². The van der Waals surface area contributed by atoms with E-state index in [-0.39, 0.29) is 42.9 Å². The Kier molecular flexibility index (Phi) is 9.54. The highest BCUT2D eigenvalue weighted by Gasteiger charge is 2.39. The molecule has 4 rings (SSSR count). The maximum atomic E-state index is 14.5. The average Bonchev–Trinajstić information content (AvgIpc) is 3.50. The Morgan fingerprint density at radius 2 is 1.90 bits per heavy atom. The number of nitrogens with zero attached hydrogens (tertiary/aromatic N) is 2. The molecule has 1 aromatic heterocycles. The number of hydrogen-bond donors (Lipinski definition) is 2. The first-order valence-corrected chi connectivity index (χ1v) is 15.1. The maximum Gasteiger partial charge on any atom is 0.338 e. The summed E-state index contributed by atoms with van der Waals surface area (Å²) in [4.78, 5) is 33.3. The van der Waals surface area contributed by atoms with Crippen LogP contribution < -0.4 is 10.0 Å². The van der Waals surface area contributed by atoms with Crippen LogP contribution in [0.25, 0.3) is 0 Å². The van der Waals surface area contributed by atoms with Gasteiger partial charge in [-0.2, -0.15) is 0 Å². The molecular formula is C25H27ClF2N4O6S2. The van der Waals surface area contributed by atoms with Crippen LogP contribution >= 0.6 is 22.9 Å². The van der Waals surface area contributed by atoms with Crippen molar-refractivity contribution in [1.29, 1.82) is 0 Å². The van der Waals surface area contributed by atoms with Crippen molar-refractivity contribution in [1.82, 2.24) is 15.0 Å². The van der Waals surface area contributed by atoms with Crippen molar-refractivity contribution in [2.24, 2.45) is 10.9 Å². The molecule has 2 aliphatic rings. The summed E-state index contributed by atoms with van der Waals surface area (Å²) in [7, 11) is -1.28. The standard InChI is InChI=1S/C25H27ClF2N4O6S2/c1-37-17(33)9-10-30-40(35,36)14-5-3-13(4-6-14)21-18(25(34)38-2)22(15-7-8-16(27)20(28)19(15)26)32-23(31-21)24-29-11-12-39-24/h7-8,11-14,22,30H,3-6,9-10H2,1-2H3,(H,31,32)/t13-,14-,22?. The molecule has 10 nitrogen and oxygen atoms in total. The second kappa shape index (κ2) is 12.7. The molecule has 40 heavy (non-hydrogen) atoms. The third kappa shape index (κ3) is 6.35. The van der Waals surface area contributed by atoms with Gasteiger partial charge in [0.15, 0.2) is 22.5 Å². The maximum absolute atomic E-state index is 14.5. The van der Waals surface area contributed by atoms with Crippen molar-refractivity contribution in [3.63, 3.8) is 0 Å². The van der Waals surface area contributed by atoms with Crippen LogP contribution in [0.4, 0.5) is 8.78 Å².